The van der Waals surface area contributed by atoms with Gasteiger partial charge in [0.05, 0.1) is 4.88 Å². The summed E-state index contributed by atoms with van der Waals surface area (Å²) < 4.78 is 5.64. The third-order valence-corrected chi connectivity index (χ3v) is 5.55. The Bertz CT molecular complexity index is 864. The molecule has 0 spiro atoms. The molecule has 8 nitrogen and oxygen atoms in total. The molecule has 1 aliphatic carbocycles. The van der Waals surface area contributed by atoms with Gasteiger partial charge >= 0.3 is 11.8 Å². The molecular formula is C18H20N4O4S. The topological polar surface area (TPSA) is 95.8 Å². The van der Waals surface area contributed by atoms with Gasteiger partial charge in [-0.3, -0.25) is 14.4 Å². The van der Waals surface area contributed by atoms with Crippen LogP contribution in [0.15, 0.2) is 21.9 Å². The van der Waals surface area contributed by atoms with Crippen LogP contribution in [0.25, 0.3) is 10.8 Å². The van der Waals surface area contributed by atoms with E-state index in [9.17, 15) is 14.4 Å². The molecular weight excluding hydrogens is 368 g/mol. The highest BCUT2D eigenvalue weighted by Crippen LogP contribution is 2.26. The van der Waals surface area contributed by atoms with Crippen LogP contribution < -0.4 is 5.32 Å². The highest BCUT2D eigenvalue weighted by atomic mass is 32.1. The van der Waals surface area contributed by atoms with Crippen molar-refractivity contribution in [3.8, 4) is 10.8 Å². The molecule has 27 heavy (non-hydrogen) atoms. The molecule has 0 radical (unpaired) electrons. The van der Waals surface area contributed by atoms with Gasteiger partial charge in [0, 0.05) is 32.2 Å². The summed E-state index contributed by atoms with van der Waals surface area (Å²) in [5.41, 5.74) is 0.296. The second kappa shape index (κ2) is 7.15. The molecule has 1 saturated carbocycles. The summed E-state index contributed by atoms with van der Waals surface area (Å²) in [5.74, 6) is -0.368. The van der Waals surface area contributed by atoms with Crippen LogP contribution in [0.5, 0.6) is 0 Å². The third kappa shape index (κ3) is 3.73. The molecule has 2 fully saturated rings. The lowest BCUT2D eigenvalue weighted by atomic mass is 10.2. The summed E-state index contributed by atoms with van der Waals surface area (Å²) >= 11 is 1.50. The monoisotopic (exact) mass is 388 g/mol. The molecule has 2 aromatic rings. The molecule has 1 aliphatic heterocycles. The second-order valence-corrected chi connectivity index (χ2v) is 7.68. The Hall–Kier alpha value is -2.68. The number of rotatable bonds is 3. The van der Waals surface area contributed by atoms with Crippen molar-refractivity contribution in [2.24, 2.45) is 0 Å². The average molecular weight is 388 g/mol. The molecule has 0 bridgehead atoms. The standard InChI is InChI=1S/C18H20N4O4S/c1-11-14(20-16(26-11)13-3-2-10-27-13)17(24)21-6-8-22(9-7-21)18(25)15(23)19-12-4-5-12/h2-3,10,12H,4-9H2,1H3,(H,19,23). The highest BCUT2D eigenvalue weighted by molar-refractivity contribution is 7.13. The molecule has 2 aliphatic rings. The van der Waals surface area contributed by atoms with Gasteiger partial charge in [-0.15, -0.1) is 11.3 Å². The summed E-state index contributed by atoms with van der Waals surface area (Å²) in [6, 6.07) is 3.94. The van der Waals surface area contributed by atoms with Crippen LogP contribution >= 0.6 is 11.3 Å². The largest absolute Gasteiger partial charge is 0.440 e. The van der Waals surface area contributed by atoms with Crippen LogP contribution in [-0.2, 0) is 9.59 Å². The van der Waals surface area contributed by atoms with Crippen molar-refractivity contribution < 1.29 is 18.8 Å². The van der Waals surface area contributed by atoms with E-state index in [0.29, 0.717) is 43.5 Å². The molecule has 0 atom stereocenters. The number of hydrogen-bond donors (Lipinski definition) is 1. The Morgan fingerprint density at radius 2 is 1.89 bits per heavy atom. The molecule has 3 amide bonds. The number of piperazine rings is 1. The maximum atomic E-state index is 12.8. The van der Waals surface area contributed by atoms with Crippen LogP contribution in [0.2, 0.25) is 0 Å². The van der Waals surface area contributed by atoms with Gasteiger partial charge in [-0.1, -0.05) is 6.07 Å². The molecule has 2 aromatic heterocycles. The zero-order valence-corrected chi connectivity index (χ0v) is 15.8. The summed E-state index contributed by atoms with van der Waals surface area (Å²) in [7, 11) is 0. The van der Waals surface area contributed by atoms with Crippen molar-refractivity contribution in [3.63, 3.8) is 0 Å². The summed E-state index contributed by atoms with van der Waals surface area (Å²) in [6.45, 7) is 3.11. The third-order valence-electron chi connectivity index (χ3n) is 4.69. The first-order valence-electron chi connectivity index (χ1n) is 8.93. The predicted molar refractivity (Wildman–Crippen MR) is 98.2 cm³/mol. The van der Waals surface area contributed by atoms with E-state index in [2.05, 4.69) is 10.3 Å². The normalized spacial score (nSPS) is 17.1. The summed E-state index contributed by atoms with van der Waals surface area (Å²) in [4.78, 5) is 45.2. The van der Waals surface area contributed by atoms with Crippen LogP contribution in [-0.4, -0.2) is 64.7 Å². The van der Waals surface area contributed by atoms with Gasteiger partial charge in [-0.25, -0.2) is 4.98 Å². The number of nitrogens with one attached hydrogen (secondary N) is 1. The Kier molecular flexibility index (Phi) is 4.69. The maximum Gasteiger partial charge on any atom is 0.312 e. The van der Waals surface area contributed by atoms with E-state index in [0.717, 1.165) is 17.7 Å². The van der Waals surface area contributed by atoms with Crippen molar-refractivity contribution in [1.29, 1.82) is 0 Å². The minimum atomic E-state index is -0.551. The van der Waals surface area contributed by atoms with E-state index in [1.807, 2.05) is 17.5 Å². The fraction of sp³-hybridized carbons (Fsp3) is 0.444. The average Bonchev–Trinajstić information content (AvgIpc) is 3.17. The second-order valence-electron chi connectivity index (χ2n) is 6.73. The number of carbonyl (C=O) groups is 3. The van der Waals surface area contributed by atoms with Crippen LogP contribution in [0.4, 0.5) is 0 Å². The lowest BCUT2D eigenvalue weighted by Crippen LogP contribution is -2.54. The first-order valence-corrected chi connectivity index (χ1v) is 9.81. The number of aromatic nitrogens is 1. The zero-order chi connectivity index (χ0) is 19.0. The molecule has 0 aromatic carbocycles. The van der Waals surface area contributed by atoms with Crippen molar-refractivity contribution in [2.45, 2.75) is 25.8 Å². The van der Waals surface area contributed by atoms with Crippen LogP contribution in [0.1, 0.15) is 29.1 Å². The lowest BCUT2D eigenvalue weighted by Gasteiger charge is -2.34. The first-order chi connectivity index (χ1) is 13.0. The highest BCUT2D eigenvalue weighted by Gasteiger charge is 2.32. The quantitative estimate of drug-likeness (QED) is 0.799. The molecule has 3 heterocycles. The van der Waals surface area contributed by atoms with Gasteiger partial charge in [-0.05, 0) is 31.2 Å². The predicted octanol–water partition coefficient (Wildman–Crippen LogP) is 1.27. The molecule has 142 valence electrons. The summed E-state index contributed by atoms with van der Waals surface area (Å²) in [6.07, 6.45) is 1.87. The van der Waals surface area contributed by atoms with Crippen molar-refractivity contribution in [1.82, 2.24) is 20.1 Å². The van der Waals surface area contributed by atoms with E-state index < -0.39 is 11.8 Å². The van der Waals surface area contributed by atoms with Gasteiger partial charge in [0.2, 0.25) is 5.89 Å². The summed E-state index contributed by atoms with van der Waals surface area (Å²) in [5, 5.41) is 4.62. The number of thiophene rings is 1. The van der Waals surface area contributed by atoms with Crippen molar-refractivity contribution in [2.75, 3.05) is 26.2 Å². The molecule has 1 saturated heterocycles. The van der Waals surface area contributed by atoms with Crippen LogP contribution in [0, 0.1) is 6.92 Å². The van der Waals surface area contributed by atoms with E-state index in [4.69, 9.17) is 4.42 Å². The van der Waals surface area contributed by atoms with E-state index in [-0.39, 0.29) is 11.9 Å². The first kappa shape index (κ1) is 17.7. The minimum Gasteiger partial charge on any atom is -0.440 e. The Morgan fingerprint density at radius 1 is 1.19 bits per heavy atom. The molecule has 4 rings (SSSR count). The SMILES string of the molecule is Cc1oc(-c2cccs2)nc1C(=O)N1CCN(C(=O)C(=O)NC2CC2)CC1. The van der Waals surface area contributed by atoms with Gasteiger partial charge in [0.15, 0.2) is 5.69 Å². The Morgan fingerprint density at radius 3 is 2.52 bits per heavy atom. The zero-order valence-electron chi connectivity index (χ0n) is 14.9. The number of oxazole rings is 1. The van der Waals surface area contributed by atoms with Gasteiger partial charge < -0.3 is 19.5 Å². The Balaban J connectivity index is 1.37. The van der Waals surface area contributed by atoms with E-state index in [1.165, 1.54) is 16.2 Å². The number of aryl methyl sites for hydroxylation is 1. The number of nitrogens with zero attached hydrogens (tertiary/aromatic N) is 3. The van der Waals surface area contributed by atoms with E-state index in [1.54, 1.807) is 11.8 Å². The van der Waals surface area contributed by atoms with E-state index >= 15 is 0 Å². The van der Waals surface area contributed by atoms with Gasteiger partial charge in [0.25, 0.3) is 5.91 Å². The fourth-order valence-electron chi connectivity index (χ4n) is 2.98. The minimum absolute atomic E-state index is 0.150. The smallest absolute Gasteiger partial charge is 0.312 e. The van der Waals surface area contributed by atoms with Gasteiger partial charge in [-0.2, -0.15) is 0 Å². The fourth-order valence-corrected chi connectivity index (χ4v) is 3.63. The Labute approximate surface area is 160 Å². The van der Waals surface area contributed by atoms with Crippen molar-refractivity contribution >= 4 is 29.1 Å². The molecule has 0 unspecified atom stereocenters. The number of amides is 3. The lowest BCUT2D eigenvalue weighted by molar-refractivity contribution is -0.146. The maximum absolute atomic E-state index is 12.8. The molecule has 9 heteroatoms. The number of carbonyl (C=O) groups excluding carboxylic acids is 3. The van der Waals surface area contributed by atoms with Crippen molar-refractivity contribution in [3.05, 3.63) is 29.0 Å². The number of hydrogen-bond acceptors (Lipinski definition) is 6. The van der Waals surface area contributed by atoms with Gasteiger partial charge in [0.1, 0.15) is 5.76 Å². The van der Waals surface area contributed by atoms with Crippen LogP contribution in [0.3, 0.4) is 0 Å². The molecule has 1 N–H and O–H groups in total.